The highest BCUT2D eigenvalue weighted by atomic mass is 35.5. The van der Waals surface area contributed by atoms with Gasteiger partial charge in [0.15, 0.2) is 0 Å². The summed E-state index contributed by atoms with van der Waals surface area (Å²) in [7, 11) is -0.996. The van der Waals surface area contributed by atoms with Crippen molar-refractivity contribution in [2.24, 2.45) is 0 Å². The Morgan fingerprint density at radius 2 is 1.81 bits per heavy atom. The number of nitrogens with zero attached hydrogens (tertiary/aromatic N) is 2. The minimum Gasteiger partial charge on any atom is -0.477 e. The normalized spacial score (nSPS) is 11.5. The van der Waals surface area contributed by atoms with Gasteiger partial charge >= 0.3 is 0 Å². The maximum atomic E-state index is 13.8. The van der Waals surface area contributed by atoms with Crippen molar-refractivity contribution < 1.29 is 22.3 Å². The number of halogens is 2. The molecule has 1 heterocycles. The Balaban J connectivity index is 2.84. The van der Waals surface area contributed by atoms with Crippen LogP contribution in [-0.2, 0) is 10.0 Å². The Morgan fingerprint density at radius 3 is 2.33 bits per heavy atom. The second-order valence-corrected chi connectivity index (χ2v) is 6.16. The summed E-state index contributed by atoms with van der Waals surface area (Å²) in [6.45, 7) is 0. The number of rotatable bonds is 4. The van der Waals surface area contributed by atoms with Crippen LogP contribution in [0, 0.1) is 5.82 Å². The van der Waals surface area contributed by atoms with E-state index in [1.807, 2.05) is 0 Å². The molecule has 0 amide bonds. The summed E-state index contributed by atoms with van der Waals surface area (Å²) in [6.07, 6.45) is 0.911. The molecule has 0 aliphatic carbocycles. The monoisotopic (exact) mass is 335 g/mol. The van der Waals surface area contributed by atoms with E-state index in [0.29, 0.717) is 0 Å². The Kier molecular flexibility index (Phi) is 4.06. The minimum absolute atomic E-state index is 0.0178. The number of hydrogen-bond donors (Lipinski definition) is 1. The molecule has 21 heavy (non-hydrogen) atoms. The van der Waals surface area contributed by atoms with E-state index in [-0.39, 0.29) is 28.5 Å². The van der Waals surface area contributed by atoms with Crippen molar-refractivity contribution in [3.8, 4) is 11.8 Å². The number of ether oxygens (including phenoxy) is 2. The van der Waals surface area contributed by atoms with Crippen LogP contribution in [0.4, 0.5) is 10.1 Å². The third kappa shape index (κ3) is 3.08. The van der Waals surface area contributed by atoms with E-state index in [1.54, 1.807) is 0 Å². The second kappa shape index (κ2) is 5.49. The number of fused-ring (bicyclic) bond motifs is 1. The van der Waals surface area contributed by atoms with Gasteiger partial charge in [-0.1, -0.05) is 11.6 Å². The van der Waals surface area contributed by atoms with Crippen LogP contribution in [0.1, 0.15) is 0 Å². The maximum absolute atomic E-state index is 13.8. The van der Waals surface area contributed by atoms with Crippen molar-refractivity contribution in [2.45, 2.75) is 0 Å². The van der Waals surface area contributed by atoms with Crippen LogP contribution in [-0.4, -0.2) is 38.9 Å². The summed E-state index contributed by atoms with van der Waals surface area (Å²) < 4.78 is 48.6. The van der Waals surface area contributed by atoms with Crippen molar-refractivity contribution in [3.05, 3.63) is 16.9 Å². The van der Waals surface area contributed by atoms with Crippen molar-refractivity contribution in [1.29, 1.82) is 0 Å². The van der Waals surface area contributed by atoms with Gasteiger partial charge in [0.1, 0.15) is 16.4 Å². The summed E-state index contributed by atoms with van der Waals surface area (Å²) in [5.74, 6) is -0.780. The van der Waals surface area contributed by atoms with Crippen LogP contribution in [0.2, 0.25) is 5.02 Å². The molecule has 0 saturated carbocycles. The molecule has 114 valence electrons. The largest absolute Gasteiger partial charge is 0.477 e. The van der Waals surface area contributed by atoms with E-state index < -0.39 is 20.9 Å². The average Bonchev–Trinajstić information content (AvgIpc) is 2.41. The van der Waals surface area contributed by atoms with Crippen LogP contribution < -0.4 is 14.2 Å². The smallest absolute Gasteiger partial charge is 0.278 e. The highest BCUT2D eigenvalue weighted by Crippen LogP contribution is 2.35. The molecule has 0 aliphatic heterocycles. The lowest BCUT2D eigenvalue weighted by molar-refractivity contribution is 0.334. The summed E-state index contributed by atoms with van der Waals surface area (Å²) in [4.78, 5) is 8.08. The molecular weight excluding hydrogens is 325 g/mol. The third-order valence-corrected chi connectivity index (χ3v) is 3.41. The molecule has 1 aromatic heterocycles. The number of hydrogen-bond acceptors (Lipinski definition) is 6. The zero-order valence-electron chi connectivity index (χ0n) is 11.3. The number of benzene rings is 1. The second-order valence-electron chi connectivity index (χ2n) is 4.03. The molecule has 0 spiro atoms. The number of nitrogens with one attached hydrogen (secondary N) is 1. The molecule has 1 aromatic carbocycles. The van der Waals surface area contributed by atoms with Gasteiger partial charge in [-0.15, -0.1) is 0 Å². The van der Waals surface area contributed by atoms with Crippen LogP contribution in [0.25, 0.3) is 11.0 Å². The topological polar surface area (TPSA) is 90.4 Å². The van der Waals surface area contributed by atoms with Crippen molar-refractivity contribution >= 4 is 38.3 Å². The molecule has 0 saturated heterocycles. The Morgan fingerprint density at radius 1 is 1.24 bits per heavy atom. The lowest BCUT2D eigenvalue weighted by Crippen LogP contribution is -2.12. The molecule has 0 unspecified atom stereocenters. The van der Waals surface area contributed by atoms with Crippen LogP contribution in [0.3, 0.4) is 0 Å². The van der Waals surface area contributed by atoms with Crippen LogP contribution in [0.15, 0.2) is 6.07 Å². The molecule has 0 atom stereocenters. The molecule has 10 heteroatoms. The Hall–Kier alpha value is -1.87. The standard InChI is InChI=1S/C11H11ClFN3O4S/c1-19-10-11(20-2)15-8-6(14-10)4-5(13)7(12)9(8)16-21(3,17)18/h4,16H,1-3H3. The molecule has 0 bridgehead atoms. The van der Waals surface area contributed by atoms with Gasteiger partial charge in [-0.05, 0) is 0 Å². The van der Waals surface area contributed by atoms with Gasteiger partial charge in [-0.3, -0.25) is 4.72 Å². The predicted molar refractivity (Wildman–Crippen MR) is 76.1 cm³/mol. The first-order chi connectivity index (χ1) is 9.76. The molecule has 1 N–H and O–H groups in total. The van der Waals surface area contributed by atoms with E-state index in [2.05, 4.69) is 14.7 Å². The molecule has 0 radical (unpaired) electrons. The van der Waals surface area contributed by atoms with Gasteiger partial charge < -0.3 is 9.47 Å². The SMILES string of the molecule is COc1nc2cc(F)c(Cl)c(NS(C)(=O)=O)c2nc1OC. The molecule has 2 rings (SSSR count). The van der Waals surface area contributed by atoms with E-state index in [0.717, 1.165) is 12.3 Å². The lowest BCUT2D eigenvalue weighted by atomic mass is 10.2. The van der Waals surface area contributed by atoms with Gasteiger partial charge in [0.2, 0.25) is 10.0 Å². The highest BCUT2D eigenvalue weighted by molar-refractivity contribution is 7.92. The van der Waals surface area contributed by atoms with Crippen LogP contribution >= 0.6 is 11.6 Å². The highest BCUT2D eigenvalue weighted by Gasteiger charge is 2.20. The molecular formula is C11H11ClFN3O4S. The first-order valence-electron chi connectivity index (χ1n) is 5.52. The van der Waals surface area contributed by atoms with E-state index >= 15 is 0 Å². The summed E-state index contributed by atoms with van der Waals surface area (Å²) in [5.41, 5.74) is -0.0900. The van der Waals surface area contributed by atoms with Gasteiger partial charge in [0.05, 0.1) is 31.7 Å². The number of methoxy groups -OCH3 is 2. The molecule has 7 nitrogen and oxygen atoms in total. The van der Waals surface area contributed by atoms with E-state index in [9.17, 15) is 12.8 Å². The molecule has 0 aliphatic rings. The fourth-order valence-electron chi connectivity index (χ4n) is 1.65. The Bertz CT molecular complexity index is 813. The fraction of sp³-hybridized carbons (Fsp3) is 0.273. The van der Waals surface area contributed by atoms with E-state index in [1.165, 1.54) is 14.2 Å². The number of anilines is 1. The quantitative estimate of drug-likeness (QED) is 0.916. The average molecular weight is 336 g/mol. The minimum atomic E-state index is -3.68. The summed E-state index contributed by atoms with van der Waals surface area (Å²) in [6, 6.07) is 1.03. The first kappa shape index (κ1) is 15.5. The van der Waals surface area contributed by atoms with Crippen molar-refractivity contribution in [2.75, 3.05) is 25.2 Å². The van der Waals surface area contributed by atoms with E-state index in [4.69, 9.17) is 21.1 Å². The van der Waals surface area contributed by atoms with Gasteiger partial charge in [-0.2, -0.15) is 0 Å². The molecule has 0 fully saturated rings. The number of aromatic nitrogens is 2. The van der Waals surface area contributed by atoms with Crippen LogP contribution in [0.5, 0.6) is 11.8 Å². The fourth-order valence-corrected chi connectivity index (χ4v) is 2.47. The third-order valence-electron chi connectivity index (χ3n) is 2.46. The first-order valence-corrected chi connectivity index (χ1v) is 7.79. The van der Waals surface area contributed by atoms with Crippen molar-refractivity contribution in [1.82, 2.24) is 9.97 Å². The molecule has 2 aromatic rings. The number of sulfonamides is 1. The lowest BCUT2D eigenvalue weighted by Gasteiger charge is -2.12. The summed E-state index contributed by atoms with van der Waals surface area (Å²) in [5, 5.41) is -0.408. The zero-order valence-corrected chi connectivity index (χ0v) is 12.8. The predicted octanol–water partition coefficient (Wildman–Crippen LogP) is 1.81. The van der Waals surface area contributed by atoms with Gasteiger partial charge in [0.25, 0.3) is 11.8 Å². The van der Waals surface area contributed by atoms with Gasteiger partial charge in [0, 0.05) is 6.07 Å². The van der Waals surface area contributed by atoms with Crippen molar-refractivity contribution in [3.63, 3.8) is 0 Å². The maximum Gasteiger partial charge on any atom is 0.278 e. The summed E-state index contributed by atoms with van der Waals surface area (Å²) >= 11 is 5.81. The van der Waals surface area contributed by atoms with Gasteiger partial charge in [-0.25, -0.2) is 22.8 Å². The zero-order chi connectivity index (χ0) is 15.8. The Labute approximate surface area is 125 Å².